The highest BCUT2D eigenvalue weighted by Crippen LogP contribution is 2.15. The number of benzene rings is 1. The Morgan fingerprint density at radius 1 is 1.17 bits per heavy atom. The van der Waals surface area contributed by atoms with Gasteiger partial charge in [0.2, 0.25) is 0 Å². The summed E-state index contributed by atoms with van der Waals surface area (Å²) in [5, 5.41) is 17.2. The van der Waals surface area contributed by atoms with Crippen molar-refractivity contribution in [2.45, 2.75) is 0 Å². The van der Waals surface area contributed by atoms with Gasteiger partial charge in [0.15, 0.2) is 5.82 Å². The minimum absolute atomic E-state index is 0.00953. The Bertz CT molecular complexity index is 565. The van der Waals surface area contributed by atoms with Gasteiger partial charge >= 0.3 is 11.8 Å². The Morgan fingerprint density at radius 3 is 2.61 bits per heavy atom. The van der Waals surface area contributed by atoms with Crippen molar-refractivity contribution in [3.63, 3.8) is 0 Å². The molecule has 0 atom stereocenters. The molecular formula is C11H9N3O4. The third-order valence-electron chi connectivity index (χ3n) is 1.99. The molecule has 1 aromatic heterocycles. The fourth-order valence-electron chi connectivity index (χ4n) is 1.22. The molecular weight excluding hydrogens is 238 g/mol. The van der Waals surface area contributed by atoms with Crippen LogP contribution in [0.5, 0.6) is 5.75 Å². The predicted octanol–water partition coefficient (Wildman–Crippen LogP) is 0.957. The number of amides is 2. The van der Waals surface area contributed by atoms with Gasteiger partial charge in [0.1, 0.15) is 12.0 Å². The van der Waals surface area contributed by atoms with Gasteiger partial charge in [0.05, 0.1) is 0 Å². The maximum absolute atomic E-state index is 11.5. The smallest absolute Gasteiger partial charge is 0.315 e. The molecule has 0 fully saturated rings. The zero-order valence-corrected chi connectivity index (χ0v) is 9.08. The number of anilines is 2. The van der Waals surface area contributed by atoms with Gasteiger partial charge in [-0.05, 0) is 12.1 Å². The van der Waals surface area contributed by atoms with E-state index < -0.39 is 11.8 Å². The summed E-state index contributed by atoms with van der Waals surface area (Å²) >= 11 is 0. The third-order valence-corrected chi connectivity index (χ3v) is 1.99. The molecule has 3 N–H and O–H groups in total. The zero-order chi connectivity index (χ0) is 13.0. The second-order valence-corrected chi connectivity index (χ2v) is 3.34. The molecule has 0 aliphatic heterocycles. The molecule has 0 aliphatic carbocycles. The Kier molecular flexibility index (Phi) is 3.24. The van der Waals surface area contributed by atoms with Crippen LogP contribution in [0.2, 0.25) is 0 Å². The number of carbonyl (C=O) groups is 2. The number of phenols is 1. The number of hydrogen-bond donors (Lipinski definition) is 3. The lowest BCUT2D eigenvalue weighted by molar-refractivity contribution is -0.133. The SMILES string of the molecule is O=C(Nc1cccc(O)c1)C(=O)Nc1ccon1. The summed E-state index contributed by atoms with van der Waals surface area (Å²) in [7, 11) is 0. The van der Waals surface area contributed by atoms with Gasteiger partial charge in [-0.25, -0.2) is 0 Å². The minimum Gasteiger partial charge on any atom is -0.508 e. The number of nitrogens with one attached hydrogen (secondary N) is 2. The first-order chi connectivity index (χ1) is 8.65. The number of aromatic nitrogens is 1. The first-order valence-electron chi connectivity index (χ1n) is 4.97. The molecule has 92 valence electrons. The Hall–Kier alpha value is -2.83. The van der Waals surface area contributed by atoms with E-state index in [1.807, 2.05) is 0 Å². The Balaban J connectivity index is 1.97. The number of nitrogens with zero attached hydrogens (tertiary/aromatic N) is 1. The maximum atomic E-state index is 11.5. The largest absolute Gasteiger partial charge is 0.508 e. The molecule has 0 bridgehead atoms. The molecule has 1 heterocycles. The lowest BCUT2D eigenvalue weighted by Gasteiger charge is -2.04. The van der Waals surface area contributed by atoms with Crippen LogP contribution < -0.4 is 10.6 Å². The van der Waals surface area contributed by atoms with E-state index in [0.29, 0.717) is 5.69 Å². The van der Waals surface area contributed by atoms with E-state index in [1.165, 1.54) is 24.5 Å². The molecule has 18 heavy (non-hydrogen) atoms. The van der Waals surface area contributed by atoms with Gasteiger partial charge in [0, 0.05) is 17.8 Å². The van der Waals surface area contributed by atoms with Crippen molar-refractivity contribution in [3.8, 4) is 5.75 Å². The quantitative estimate of drug-likeness (QED) is 0.685. The average Bonchev–Trinajstić information content (AvgIpc) is 2.81. The monoisotopic (exact) mass is 247 g/mol. The summed E-state index contributed by atoms with van der Waals surface area (Å²) in [5.41, 5.74) is 0.315. The van der Waals surface area contributed by atoms with Crippen molar-refractivity contribution in [1.29, 1.82) is 0 Å². The average molecular weight is 247 g/mol. The minimum atomic E-state index is -0.882. The van der Waals surface area contributed by atoms with Crippen LogP contribution in [0.3, 0.4) is 0 Å². The van der Waals surface area contributed by atoms with E-state index in [0.717, 1.165) is 0 Å². The first kappa shape index (κ1) is 11.6. The topological polar surface area (TPSA) is 104 Å². The fourth-order valence-corrected chi connectivity index (χ4v) is 1.22. The van der Waals surface area contributed by atoms with E-state index in [-0.39, 0.29) is 11.6 Å². The van der Waals surface area contributed by atoms with E-state index in [9.17, 15) is 14.7 Å². The summed E-state index contributed by atoms with van der Waals surface area (Å²) in [4.78, 5) is 22.9. The van der Waals surface area contributed by atoms with Crippen LogP contribution in [-0.2, 0) is 9.59 Å². The summed E-state index contributed by atoms with van der Waals surface area (Å²) in [6.45, 7) is 0. The van der Waals surface area contributed by atoms with Crippen molar-refractivity contribution in [3.05, 3.63) is 36.6 Å². The van der Waals surface area contributed by atoms with E-state index in [2.05, 4.69) is 20.3 Å². The van der Waals surface area contributed by atoms with Crippen LogP contribution in [0.4, 0.5) is 11.5 Å². The van der Waals surface area contributed by atoms with Crippen LogP contribution in [0.1, 0.15) is 0 Å². The van der Waals surface area contributed by atoms with Crippen LogP contribution >= 0.6 is 0 Å². The van der Waals surface area contributed by atoms with Crippen LogP contribution in [-0.4, -0.2) is 22.1 Å². The van der Waals surface area contributed by atoms with E-state index in [1.54, 1.807) is 12.1 Å². The molecule has 7 heteroatoms. The van der Waals surface area contributed by atoms with Crippen molar-refractivity contribution >= 4 is 23.3 Å². The highest BCUT2D eigenvalue weighted by atomic mass is 16.5. The van der Waals surface area contributed by atoms with Crippen LogP contribution in [0.15, 0.2) is 41.1 Å². The zero-order valence-electron chi connectivity index (χ0n) is 9.08. The molecule has 0 spiro atoms. The summed E-state index contributed by atoms with van der Waals surface area (Å²) < 4.78 is 4.50. The lowest BCUT2D eigenvalue weighted by atomic mass is 10.3. The summed E-state index contributed by atoms with van der Waals surface area (Å²) in [5.74, 6) is -1.62. The van der Waals surface area contributed by atoms with Gasteiger partial charge in [0.25, 0.3) is 0 Å². The van der Waals surface area contributed by atoms with E-state index >= 15 is 0 Å². The third kappa shape index (κ3) is 2.85. The second kappa shape index (κ2) is 5.00. The molecule has 2 aromatic rings. The number of phenolic OH excluding ortho intramolecular Hbond substituents is 1. The molecule has 0 saturated heterocycles. The molecule has 0 saturated carbocycles. The van der Waals surface area contributed by atoms with Crippen LogP contribution in [0, 0.1) is 0 Å². The van der Waals surface area contributed by atoms with Gasteiger partial charge in [-0.3, -0.25) is 14.9 Å². The van der Waals surface area contributed by atoms with Crippen molar-refractivity contribution in [2.24, 2.45) is 0 Å². The lowest BCUT2D eigenvalue weighted by Crippen LogP contribution is -2.29. The number of aromatic hydroxyl groups is 1. The molecule has 0 aliphatic rings. The van der Waals surface area contributed by atoms with Crippen molar-refractivity contribution in [1.82, 2.24) is 5.16 Å². The molecule has 0 unspecified atom stereocenters. The van der Waals surface area contributed by atoms with Crippen molar-refractivity contribution < 1.29 is 19.2 Å². The number of hydrogen-bond acceptors (Lipinski definition) is 5. The van der Waals surface area contributed by atoms with Gasteiger partial charge in [-0.2, -0.15) is 0 Å². The maximum Gasteiger partial charge on any atom is 0.315 e. The first-order valence-corrected chi connectivity index (χ1v) is 4.97. The van der Waals surface area contributed by atoms with E-state index in [4.69, 9.17) is 0 Å². The Morgan fingerprint density at radius 2 is 1.94 bits per heavy atom. The normalized spacial score (nSPS) is 9.78. The summed E-state index contributed by atoms with van der Waals surface area (Å²) in [6, 6.07) is 7.26. The molecule has 2 amide bonds. The van der Waals surface area contributed by atoms with Gasteiger partial charge < -0.3 is 14.9 Å². The second-order valence-electron chi connectivity index (χ2n) is 3.34. The molecule has 2 rings (SSSR count). The number of carbonyl (C=O) groups excluding carboxylic acids is 2. The molecule has 0 radical (unpaired) electrons. The van der Waals surface area contributed by atoms with Crippen LogP contribution in [0.25, 0.3) is 0 Å². The fraction of sp³-hybridized carbons (Fsp3) is 0. The number of rotatable bonds is 2. The van der Waals surface area contributed by atoms with Gasteiger partial charge in [-0.1, -0.05) is 11.2 Å². The highest BCUT2D eigenvalue weighted by molar-refractivity contribution is 6.43. The predicted molar refractivity (Wildman–Crippen MR) is 61.9 cm³/mol. The Labute approximate surface area is 101 Å². The standard InChI is InChI=1S/C11H9N3O4/c15-8-3-1-2-7(6-8)12-10(16)11(17)13-9-4-5-18-14-9/h1-6,15H,(H,12,16)(H,13,14,17). The molecule has 1 aromatic carbocycles. The highest BCUT2D eigenvalue weighted by Gasteiger charge is 2.15. The van der Waals surface area contributed by atoms with Gasteiger partial charge in [-0.15, -0.1) is 0 Å². The molecule has 7 nitrogen and oxygen atoms in total. The van der Waals surface area contributed by atoms with Crippen molar-refractivity contribution in [2.75, 3.05) is 10.6 Å². The summed E-state index contributed by atoms with van der Waals surface area (Å²) in [6.07, 6.45) is 1.27.